The standard InChI is InChI=1S/C8H10ClNO2/c1-2-11-6-12-8-5-3-4-7(9)10-8/h3-5H,2,6H2,1H3. The van der Waals surface area contributed by atoms with Crippen LogP contribution in [0.2, 0.25) is 5.15 Å². The van der Waals surface area contributed by atoms with E-state index in [2.05, 4.69) is 4.98 Å². The molecule has 0 N–H and O–H groups in total. The third kappa shape index (κ3) is 3.07. The van der Waals surface area contributed by atoms with Crippen molar-refractivity contribution < 1.29 is 9.47 Å². The number of hydrogen-bond donors (Lipinski definition) is 0. The second-order valence-electron chi connectivity index (χ2n) is 2.05. The lowest BCUT2D eigenvalue weighted by atomic mass is 10.5. The topological polar surface area (TPSA) is 31.4 Å². The minimum absolute atomic E-state index is 0.212. The van der Waals surface area contributed by atoms with Crippen molar-refractivity contribution in [2.45, 2.75) is 6.92 Å². The zero-order chi connectivity index (χ0) is 8.81. The van der Waals surface area contributed by atoms with Gasteiger partial charge in [0.15, 0.2) is 6.79 Å². The predicted molar refractivity (Wildman–Crippen MR) is 46.4 cm³/mol. The summed E-state index contributed by atoms with van der Waals surface area (Å²) in [5.41, 5.74) is 0. The number of aromatic nitrogens is 1. The van der Waals surface area contributed by atoms with Crippen LogP contribution in [0.1, 0.15) is 6.92 Å². The van der Waals surface area contributed by atoms with Gasteiger partial charge in [0.05, 0.1) is 0 Å². The third-order valence-corrected chi connectivity index (χ3v) is 1.39. The summed E-state index contributed by atoms with van der Waals surface area (Å²) >= 11 is 5.63. The molecule has 1 rings (SSSR count). The first-order valence-corrected chi connectivity index (χ1v) is 4.04. The Labute approximate surface area is 76.3 Å². The monoisotopic (exact) mass is 187 g/mol. The van der Waals surface area contributed by atoms with E-state index in [4.69, 9.17) is 21.1 Å². The fraction of sp³-hybridized carbons (Fsp3) is 0.375. The minimum atomic E-state index is 0.212. The molecule has 1 aromatic heterocycles. The van der Waals surface area contributed by atoms with Gasteiger partial charge in [0, 0.05) is 12.7 Å². The Morgan fingerprint density at radius 3 is 3.00 bits per heavy atom. The van der Waals surface area contributed by atoms with E-state index >= 15 is 0 Å². The molecule has 4 heteroatoms. The Morgan fingerprint density at radius 2 is 2.33 bits per heavy atom. The Bertz CT molecular complexity index is 242. The summed E-state index contributed by atoms with van der Waals surface area (Å²) in [6.07, 6.45) is 0. The van der Waals surface area contributed by atoms with Crippen LogP contribution in [0.4, 0.5) is 0 Å². The lowest BCUT2D eigenvalue weighted by Crippen LogP contribution is -2.02. The molecule has 0 aromatic carbocycles. The van der Waals surface area contributed by atoms with Crippen LogP contribution in [0.5, 0.6) is 5.88 Å². The van der Waals surface area contributed by atoms with Crippen LogP contribution in [0.15, 0.2) is 18.2 Å². The summed E-state index contributed by atoms with van der Waals surface area (Å²) in [5, 5.41) is 0.420. The Kier molecular flexibility index (Phi) is 3.84. The molecule has 0 radical (unpaired) electrons. The van der Waals surface area contributed by atoms with Crippen molar-refractivity contribution in [3.8, 4) is 5.88 Å². The molecule has 1 heterocycles. The first-order chi connectivity index (χ1) is 5.83. The Balaban J connectivity index is 2.41. The van der Waals surface area contributed by atoms with Crippen LogP contribution in [0.25, 0.3) is 0 Å². The van der Waals surface area contributed by atoms with Gasteiger partial charge in [0.2, 0.25) is 5.88 Å². The molecule has 0 bridgehead atoms. The van der Waals surface area contributed by atoms with E-state index in [-0.39, 0.29) is 6.79 Å². The van der Waals surface area contributed by atoms with Gasteiger partial charge in [-0.3, -0.25) is 0 Å². The van der Waals surface area contributed by atoms with Gasteiger partial charge in [0.1, 0.15) is 5.15 Å². The highest BCUT2D eigenvalue weighted by Crippen LogP contribution is 2.10. The molecule has 66 valence electrons. The van der Waals surface area contributed by atoms with Gasteiger partial charge in [-0.15, -0.1) is 0 Å². The number of hydrogen-bond acceptors (Lipinski definition) is 3. The Hall–Kier alpha value is -0.800. The molecular formula is C8H10ClNO2. The summed E-state index contributed by atoms with van der Waals surface area (Å²) in [4.78, 5) is 3.91. The second kappa shape index (κ2) is 4.95. The SMILES string of the molecule is CCOCOc1cccc(Cl)n1. The summed E-state index contributed by atoms with van der Waals surface area (Å²) in [6.45, 7) is 2.74. The summed E-state index contributed by atoms with van der Waals surface area (Å²) in [6, 6.07) is 5.19. The summed E-state index contributed by atoms with van der Waals surface area (Å²) < 4.78 is 10.1. The Morgan fingerprint density at radius 1 is 1.50 bits per heavy atom. The molecule has 0 aliphatic rings. The molecule has 0 fully saturated rings. The quantitative estimate of drug-likeness (QED) is 0.411. The van der Waals surface area contributed by atoms with Crippen molar-refractivity contribution in [3.05, 3.63) is 23.4 Å². The van der Waals surface area contributed by atoms with E-state index in [1.54, 1.807) is 18.2 Å². The molecule has 0 aliphatic heterocycles. The molecule has 0 saturated heterocycles. The summed E-state index contributed by atoms with van der Waals surface area (Å²) in [7, 11) is 0. The van der Waals surface area contributed by atoms with Gasteiger partial charge >= 0.3 is 0 Å². The first-order valence-electron chi connectivity index (χ1n) is 3.66. The highest BCUT2D eigenvalue weighted by molar-refractivity contribution is 6.29. The number of halogens is 1. The molecule has 0 aliphatic carbocycles. The molecule has 0 atom stereocenters. The van der Waals surface area contributed by atoms with Gasteiger partial charge in [-0.2, -0.15) is 0 Å². The lowest BCUT2D eigenvalue weighted by molar-refractivity contribution is 0.0197. The van der Waals surface area contributed by atoms with Gasteiger partial charge in [0.25, 0.3) is 0 Å². The molecular weight excluding hydrogens is 178 g/mol. The zero-order valence-electron chi connectivity index (χ0n) is 6.79. The molecule has 1 aromatic rings. The van der Waals surface area contributed by atoms with E-state index in [0.717, 1.165) is 0 Å². The van der Waals surface area contributed by atoms with Crippen LogP contribution < -0.4 is 4.74 Å². The third-order valence-electron chi connectivity index (χ3n) is 1.18. The predicted octanol–water partition coefficient (Wildman–Crippen LogP) is 2.11. The van der Waals surface area contributed by atoms with E-state index in [1.165, 1.54) is 0 Å². The average Bonchev–Trinajstić information content (AvgIpc) is 2.05. The van der Waals surface area contributed by atoms with Crippen molar-refractivity contribution >= 4 is 11.6 Å². The van der Waals surface area contributed by atoms with Gasteiger partial charge < -0.3 is 9.47 Å². The van der Waals surface area contributed by atoms with Crippen LogP contribution in [-0.2, 0) is 4.74 Å². The average molecular weight is 188 g/mol. The lowest BCUT2D eigenvalue weighted by Gasteiger charge is -2.03. The van der Waals surface area contributed by atoms with Crippen molar-refractivity contribution in [1.82, 2.24) is 4.98 Å². The largest absolute Gasteiger partial charge is 0.451 e. The van der Waals surface area contributed by atoms with Crippen LogP contribution in [0.3, 0.4) is 0 Å². The van der Waals surface area contributed by atoms with Crippen LogP contribution >= 0.6 is 11.6 Å². The molecule has 0 unspecified atom stereocenters. The molecule has 0 saturated carbocycles. The van der Waals surface area contributed by atoms with Gasteiger partial charge in [-0.05, 0) is 13.0 Å². The van der Waals surface area contributed by atoms with Crippen LogP contribution in [-0.4, -0.2) is 18.4 Å². The number of rotatable bonds is 4. The van der Waals surface area contributed by atoms with Crippen molar-refractivity contribution in [2.75, 3.05) is 13.4 Å². The minimum Gasteiger partial charge on any atom is -0.451 e. The highest BCUT2D eigenvalue weighted by Gasteiger charge is 1.94. The maximum atomic E-state index is 5.63. The van der Waals surface area contributed by atoms with Gasteiger partial charge in [-0.1, -0.05) is 17.7 Å². The maximum absolute atomic E-state index is 5.63. The fourth-order valence-corrected chi connectivity index (χ4v) is 0.811. The highest BCUT2D eigenvalue weighted by atomic mass is 35.5. The molecule has 12 heavy (non-hydrogen) atoms. The van der Waals surface area contributed by atoms with E-state index in [0.29, 0.717) is 17.6 Å². The molecule has 0 amide bonds. The normalized spacial score (nSPS) is 9.83. The number of pyridine rings is 1. The van der Waals surface area contributed by atoms with Crippen molar-refractivity contribution in [3.63, 3.8) is 0 Å². The van der Waals surface area contributed by atoms with E-state index in [1.807, 2.05) is 6.92 Å². The second-order valence-corrected chi connectivity index (χ2v) is 2.44. The number of nitrogens with zero attached hydrogens (tertiary/aromatic N) is 1. The van der Waals surface area contributed by atoms with E-state index in [9.17, 15) is 0 Å². The first kappa shape index (κ1) is 9.29. The summed E-state index contributed by atoms with van der Waals surface area (Å²) in [5.74, 6) is 0.482. The van der Waals surface area contributed by atoms with E-state index < -0.39 is 0 Å². The molecule has 0 spiro atoms. The zero-order valence-corrected chi connectivity index (χ0v) is 7.54. The van der Waals surface area contributed by atoms with Crippen molar-refractivity contribution in [2.24, 2.45) is 0 Å². The van der Waals surface area contributed by atoms with Gasteiger partial charge in [-0.25, -0.2) is 4.98 Å². The van der Waals surface area contributed by atoms with Crippen LogP contribution in [0, 0.1) is 0 Å². The molecule has 3 nitrogen and oxygen atoms in total. The number of ether oxygens (including phenoxy) is 2. The van der Waals surface area contributed by atoms with Crippen molar-refractivity contribution in [1.29, 1.82) is 0 Å². The maximum Gasteiger partial charge on any atom is 0.216 e. The fourth-order valence-electron chi connectivity index (χ4n) is 0.655. The smallest absolute Gasteiger partial charge is 0.216 e.